The second-order valence-electron chi connectivity index (χ2n) is 7.06. The molecule has 0 spiro atoms. The van der Waals surface area contributed by atoms with Crippen molar-refractivity contribution in [3.05, 3.63) is 126 Å². The van der Waals surface area contributed by atoms with E-state index in [9.17, 15) is 10.2 Å². The third-order valence-corrected chi connectivity index (χ3v) is 5.42. The van der Waals surface area contributed by atoms with Crippen molar-refractivity contribution in [1.82, 2.24) is 0 Å². The first-order valence-electron chi connectivity index (χ1n) is 9.32. The van der Waals surface area contributed by atoms with Crippen LogP contribution < -0.4 is 0 Å². The van der Waals surface area contributed by atoms with Crippen molar-refractivity contribution in [2.45, 2.75) is 11.8 Å². The van der Waals surface area contributed by atoms with Crippen molar-refractivity contribution in [3.63, 3.8) is 0 Å². The van der Waals surface area contributed by atoms with Gasteiger partial charge in [0.05, 0.1) is 0 Å². The Bertz CT molecular complexity index is 1010. The molecule has 2 N–H and O–H groups in total. The summed E-state index contributed by atoms with van der Waals surface area (Å²) >= 11 is 0. The zero-order valence-corrected chi connectivity index (χ0v) is 15.5. The van der Waals surface area contributed by atoms with E-state index in [0.29, 0.717) is 0 Å². The van der Waals surface area contributed by atoms with E-state index in [4.69, 9.17) is 0 Å². The molecule has 0 heterocycles. The SMILES string of the molecule is C=C1/C=C\C=C/CC(c2ccc(O)cc2)(c2ccc(O)cc2)c2ccccc21. The van der Waals surface area contributed by atoms with E-state index in [-0.39, 0.29) is 11.5 Å². The number of aromatic hydroxyl groups is 2. The van der Waals surface area contributed by atoms with Crippen LogP contribution in [-0.4, -0.2) is 10.2 Å². The van der Waals surface area contributed by atoms with Gasteiger partial charge in [-0.1, -0.05) is 79.4 Å². The summed E-state index contributed by atoms with van der Waals surface area (Å²) in [6.07, 6.45) is 8.98. The fourth-order valence-electron chi connectivity index (χ4n) is 4.04. The fourth-order valence-corrected chi connectivity index (χ4v) is 4.04. The van der Waals surface area contributed by atoms with Crippen molar-refractivity contribution in [3.8, 4) is 11.5 Å². The Morgan fingerprint density at radius 1 is 0.714 bits per heavy atom. The molecule has 138 valence electrons. The van der Waals surface area contributed by atoms with Crippen LogP contribution in [-0.2, 0) is 5.41 Å². The van der Waals surface area contributed by atoms with Gasteiger partial charge in [0.15, 0.2) is 0 Å². The molecule has 0 saturated heterocycles. The smallest absolute Gasteiger partial charge is 0.115 e. The second kappa shape index (κ2) is 7.24. The lowest BCUT2D eigenvalue weighted by Crippen LogP contribution is -2.30. The molecule has 3 aromatic rings. The molecular formula is C26H22O2. The molecule has 28 heavy (non-hydrogen) atoms. The largest absolute Gasteiger partial charge is 0.508 e. The van der Waals surface area contributed by atoms with Gasteiger partial charge in [-0.2, -0.15) is 0 Å². The van der Waals surface area contributed by atoms with Crippen molar-refractivity contribution >= 4 is 5.57 Å². The Morgan fingerprint density at radius 3 is 1.89 bits per heavy atom. The summed E-state index contributed by atoms with van der Waals surface area (Å²) in [6, 6.07) is 23.1. The third kappa shape index (κ3) is 3.03. The van der Waals surface area contributed by atoms with Crippen molar-refractivity contribution in [2.24, 2.45) is 0 Å². The molecule has 0 bridgehead atoms. The van der Waals surface area contributed by atoms with Gasteiger partial charge in [0, 0.05) is 5.41 Å². The molecule has 1 aliphatic carbocycles. The number of phenolic OH excluding ortho intramolecular Hbond substituents is 2. The summed E-state index contributed by atoms with van der Waals surface area (Å²) in [5.41, 5.74) is 4.84. The van der Waals surface area contributed by atoms with Gasteiger partial charge in [-0.15, -0.1) is 0 Å². The molecule has 0 fully saturated rings. The van der Waals surface area contributed by atoms with Crippen LogP contribution in [0.4, 0.5) is 0 Å². The minimum absolute atomic E-state index is 0.238. The third-order valence-electron chi connectivity index (χ3n) is 5.42. The highest BCUT2D eigenvalue weighted by atomic mass is 16.3. The highest BCUT2D eigenvalue weighted by Gasteiger charge is 2.37. The minimum atomic E-state index is -0.483. The van der Waals surface area contributed by atoms with Crippen LogP contribution >= 0.6 is 0 Å². The Labute approximate surface area is 165 Å². The van der Waals surface area contributed by atoms with Gasteiger partial charge in [0.2, 0.25) is 0 Å². The number of hydrogen-bond acceptors (Lipinski definition) is 2. The van der Waals surface area contributed by atoms with Gasteiger partial charge in [-0.3, -0.25) is 0 Å². The van der Waals surface area contributed by atoms with Crippen LogP contribution in [0.2, 0.25) is 0 Å². The Morgan fingerprint density at radius 2 is 1.29 bits per heavy atom. The molecular weight excluding hydrogens is 344 g/mol. The van der Waals surface area contributed by atoms with E-state index in [1.54, 1.807) is 24.3 Å². The first-order chi connectivity index (χ1) is 13.6. The van der Waals surface area contributed by atoms with E-state index < -0.39 is 5.41 Å². The van der Waals surface area contributed by atoms with Gasteiger partial charge in [0.25, 0.3) is 0 Å². The standard InChI is InChI=1S/C26H22O2/c1-19-7-3-2-6-18-26(20-10-14-22(27)15-11-20,21-12-16-23(28)17-13-21)25-9-5-4-8-24(19)25/h2-17,27-28H,1,18H2/b6-2-,7-3-. The van der Waals surface area contributed by atoms with E-state index >= 15 is 0 Å². The van der Waals surface area contributed by atoms with E-state index in [1.807, 2.05) is 54.6 Å². The maximum Gasteiger partial charge on any atom is 0.115 e. The van der Waals surface area contributed by atoms with E-state index in [1.165, 1.54) is 0 Å². The molecule has 0 aliphatic heterocycles. The van der Waals surface area contributed by atoms with E-state index in [0.717, 1.165) is 34.2 Å². The van der Waals surface area contributed by atoms with Crippen LogP contribution in [0.5, 0.6) is 11.5 Å². The number of rotatable bonds is 2. The summed E-state index contributed by atoms with van der Waals surface area (Å²) in [5, 5.41) is 19.7. The minimum Gasteiger partial charge on any atom is -0.508 e. The Kier molecular flexibility index (Phi) is 4.62. The molecule has 4 rings (SSSR count). The number of phenols is 2. The van der Waals surface area contributed by atoms with E-state index in [2.05, 4.69) is 24.8 Å². The zero-order valence-electron chi connectivity index (χ0n) is 15.5. The van der Waals surface area contributed by atoms with Crippen LogP contribution in [0.3, 0.4) is 0 Å². The topological polar surface area (TPSA) is 40.5 Å². The number of allylic oxidation sites excluding steroid dienone is 5. The second-order valence-corrected chi connectivity index (χ2v) is 7.06. The predicted octanol–water partition coefficient (Wildman–Crippen LogP) is 5.96. The Balaban J connectivity index is 2.09. The first kappa shape index (κ1) is 17.9. The quantitative estimate of drug-likeness (QED) is 0.587. The molecule has 0 amide bonds. The summed E-state index contributed by atoms with van der Waals surface area (Å²) in [4.78, 5) is 0. The van der Waals surface area contributed by atoms with Gasteiger partial charge in [-0.05, 0) is 58.5 Å². The molecule has 3 aromatic carbocycles. The lowest BCUT2D eigenvalue weighted by molar-refractivity contribution is 0.474. The highest BCUT2D eigenvalue weighted by molar-refractivity contribution is 5.77. The van der Waals surface area contributed by atoms with Gasteiger partial charge in [0.1, 0.15) is 11.5 Å². The molecule has 1 aliphatic rings. The lowest BCUT2D eigenvalue weighted by atomic mass is 9.65. The van der Waals surface area contributed by atoms with Crippen LogP contribution in [0.15, 0.2) is 104 Å². The molecule has 0 saturated carbocycles. The molecule has 2 heteroatoms. The molecule has 0 atom stereocenters. The molecule has 0 aromatic heterocycles. The number of benzene rings is 3. The van der Waals surface area contributed by atoms with Crippen LogP contribution in [0.25, 0.3) is 5.57 Å². The molecule has 2 nitrogen and oxygen atoms in total. The van der Waals surface area contributed by atoms with Crippen molar-refractivity contribution in [1.29, 1.82) is 0 Å². The zero-order chi connectivity index (χ0) is 19.6. The van der Waals surface area contributed by atoms with Crippen LogP contribution in [0, 0.1) is 0 Å². The summed E-state index contributed by atoms with van der Waals surface area (Å²) in [6.45, 7) is 4.28. The highest BCUT2D eigenvalue weighted by Crippen LogP contribution is 2.46. The number of fused-ring (bicyclic) bond motifs is 1. The van der Waals surface area contributed by atoms with Crippen molar-refractivity contribution < 1.29 is 10.2 Å². The summed E-state index contributed by atoms with van der Waals surface area (Å²) < 4.78 is 0. The molecule has 0 unspecified atom stereocenters. The van der Waals surface area contributed by atoms with Crippen LogP contribution in [0.1, 0.15) is 28.7 Å². The molecule has 0 radical (unpaired) electrons. The average Bonchev–Trinajstić information content (AvgIpc) is 2.78. The van der Waals surface area contributed by atoms with Crippen molar-refractivity contribution in [2.75, 3.05) is 0 Å². The number of hydrogen-bond donors (Lipinski definition) is 2. The maximum atomic E-state index is 9.86. The maximum absolute atomic E-state index is 9.86. The van der Waals surface area contributed by atoms with Gasteiger partial charge >= 0.3 is 0 Å². The summed E-state index contributed by atoms with van der Waals surface area (Å²) in [5.74, 6) is 0.477. The normalized spacial score (nSPS) is 17.6. The average molecular weight is 366 g/mol. The summed E-state index contributed by atoms with van der Waals surface area (Å²) in [7, 11) is 0. The van der Waals surface area contributed by atoms with Gasteiger partial charge < -0.3 is 10.2 Å². The fraction of sp³-hybridized carbons (Fsp3) is 0.0769. The first-order valence-corrected chi connectivity index (χ1v) is 9.32. The monoisotopic (exact) mass is 366 g/mol. The van der Waals surface area contributed by atoms with Gasteiger partial charge in [-0.25, -0.2) is 0 Å². The predicted molar refractivity (Wildman–Crippen MR) is 114 cm³/mol. The lowest BCUT2D eigenvalue weighted by Gasteiger charge is -2.37. The Hall–Kier alpha value is -3.52.